The fraction of sp³-hybridized carbons (Fsp3) is 0.600. The largest absolute Gasteiger partial charge is 0.369 e. The number of nitrogens with zero attached hydrogens (tertiary/aromatic N) is 2. The molecular formula is C15H25N3. The van der Waals surface area contributed by atoms with Crippen LogP contribution in [0.3, 0.4) is 0 Å². The fourth-order valence-electron chi connectivity index (χ4n) is 2.64. The first-order chi connectivity index (χ1) is 8.70. The Hall–Kier alpha value is -1.06. The zero-order valence-electron chi connectivity index (χ0n) is 11.6. The lowest BCUT2D eigenvalue weighted by Gasteiger charge is -2.36. The van der Waals surface area contributed by atoms with Gasteiger partial charge in [-0.25, -0.2) is 0 Å². The van der Waals surface area contributed by atoms with E-state index in [0.29, 0.717) is 0 Å². The van der Waals surface area contributed by atoms with Crippen LogP contribution in [0.1, 0.15) is 19.4 Å². The molecule has 1 aliphatic rings. The number of nitrogens with two attached hydrogens (primary N) is 1. The van der Waals surface area contributed by atoms with Gasteiger partial charge in [-0.1, -0.05) is 25.1 Å². The van der Waals surface area contributed by atoms with Crippen LogP contribution in [0.25, 0.3) is 0 Å². The van der Waals surface area contributed by atoms with Crippen molar-refractivity contribution in [2.45, 2.75) is 26.3 Å². The molecule has 100 valence electrons. The maximum atomic E-state index is 5.94. The SMILES string of the molecule is CCN1CCN(c2ccccc2CC(C)N)CC1. The highest BCUT2D eigenvalue weighted by Gasteiger charge is 2.17. The standard InChI is InChI=1S/C15H25N3/c1-3-17-8-10-18(11-9-17)15-7-5-4-6-14(15)12-13(2)16/h4-7,13H,3,8-12,16H2,1-2H3. The Balaban J connectivity index is 2.08. The van der Waals surface area contributed by atoms with Crippen LogP contribution in [0.15, 0.2) is 24.3 Å². The molecule has 1 aromatic carbocycles. The molecule has 1 unspecified atom stereocenters. The normalized spacial score (nSPS) is 18.9. The second-order valence-corrected chi connectivity index (χ2v) is 5.23. The molecule has 1 heterocycles. The zero-order chi connectivity index (χ0) is 13.0. The molecule has 18 heavy (non-hydrogen) atoms. The molecule has 2 N–H and O–H groups in total. The van der Waals surface area contributed by atoms with Gasteiger partial charge in [0.25, 0.3) is 0 Å². The minimum atomic E-state index is 0.225. The van der Waals surface area contributed by atoms with Crippen molar-refractivity contribution in [3.63, 3.8) is 0 Å². The van der Waals surface area contributed by atoms with Crippen molar-refractivity contribution in [1.29, 1.82) is 0 Å². The van der Waals surface area contributed by atoms with E-state index in [-0.39, 0.29) is 6.04 Å². The quantitative estimate of drug-likeness (QED) is 0.879. The van der Waals surface area contributed by atoms with E-state index in [9.17, 15) is 0 Å². The lowest BCUT2D eigenvalue weighted by Crippen LogP contribution is -2.46. The summed E-state index contributed by atoms with van der Waals surface area (Å²) in [4.78, 5) is 5.01. The maximum absolute atomic E-state index is 5.94. The summed E-state index contributed by atoms with van der Waals surface area (Å²) >= 11 is 0. The smallest absolute Gasteiger partial charge is 0.0400 e. The van der Waals surface area contributed by atoms with Crippen molar-refractivity contribution in [1.82, 2.24) is 4.90 Å². The molecule has 1 fully saturated rings. The lowest BCUT2D eigenvalue weighted by molar-refractivity contribution is 0.271. The van der Waals surface area contributed by atoms with Gasteiger partial charge in [0.2, 0.25) is 0 Å². The molecular weight excluding hydrogens is 222 g/mol. The molecule has 0 aliphatic carbocycles. The first-order valence-corrected chi connectivity index (χ1v) is 7.01. The predicted molar refractivity (Wildman–Crippen MR) is 78.1 cm³/mol. The van der Waals surface area contributed by atoms with Crippen molar-refractivity contribution < 1.29 is 0 Å². The maximum Gasteiger partial charge on any atom is 0.0400 e. The van der Waals surface area contributed by atoms with Crippen LogP contribution < -0.4 is 10.6 Å². The van der Waals surface area contributed by atoms with Gasteiger partial charge in [0.1, 0.15) is 0 Å². The van der Waals surface area contributed by atoms with Crippen molar-refractivity contribution in [3.8, 4) is 0 Å². The Morgan fingerprint density at radius 1 is 1.17 bits per heavy atom. The molecule has 0 spiro atoms. The molecule has 0 aromatic heterocycles. The Kier molecular flexibility index (Phi) is 4.61. The monoisotopic (exact) mass is 247 g/mol. The summed E-state index contributed by atoms with van der Waals surface area (Å²) in [5, 5.41) is 0. The number of para-hydroxylation sites is 1. The van der Waals surface area contributed by atoms with Gasteiger partial charge >= 0.3 is 0 Å². The molecule has 0 amide bonds. The summed E-state index contributed by atoms with van der Waals surface area (Å²) in [6.45, 7) is 10.1. The van der Waals surface area contributed by atoms with E-state index in [2.05, 4.69) is 47.9 Å². The summed E-state index contributed by atoms with van der Waals surface area (Å²) in [7, 11) is 0. The molecule has 1 saturated heterocycles. The van der Waals surface area contributed by atoms with Crippen molar-refractivity contribution in [3.05, 3.63) is 29.8 Å². The Bertz CT molecular complexity index is 368. The third-order valence-corrected chi connectivity index (χ3v) is 3.69. The third-order valence-electron chi connectivity index (χ3n) is 3.69. The molecule has 3 heteroatoms. The molecule has 2 rings (SSSR count). The van der Waals surface area contributed by atoms with Gasteiger partial charge in [-0.05, 0) is 31.5 Å². The number of benzene rings is 1. The van der Waals surface area contributed by atoms with Gasteiger partial charge in [-0.15, -0.1) is 0 Å². The van der Waals surface area contributed by atoms with Crippen LogP contribution in [0, 0.1) is 0 Å². The number of piperazine rings is 1. The number of anilines is 1. The minimum absolute atomic E-state index is 0.225. The van der Waals surface area contributed by atoms with E-state index < -0.39 is 0 Å². The van der Waals surface area contributed by atoms with Crippen LogP contribution in [0.2, 0.25) is 0 Å². The highest BCUT2D eigenvalue weighted by atomic mass is 15.3. The summed E-state index contributed by atoms with van der Waals surface area (Å²) in [6, 6.07) is 8.92. The van der Waals surface area contributed by atoms with Gasteiger partial charge < -0.3 is 15.5 Å². The topological polar surface area (TPSA) is 32.5 Å². The van der Waals surface area contributed by atoms with Gasteiger partial charge in [0.15, 0.2) is 0 Å². The van der Waals surface area contributed by atoms with Crippen molar-refractivity contribution in [2.24, 2.45) is 5.73 Å². The first kappa shape index (κ1) is 13.4. The van der Waals surface area contributed by atoms with Crippen molar-refractivity contribution >= 4 is 5.69 Å². The van der Waals surface area contributed by atoms with E-state index in [4.69, 9.17) is 5.73 Å². The van der Waals surface area contributed by atoms with E-state index in [1.54, 1.807) is 0 Å². The Morgan fingerprint density at radius 3 is 2.44 bits per heavy atom. The average molecular weight is 247 g/mol. The van der Waals surface area contributed by atoms with Crippen LogP contribution in [0.4, 0.5) is 5.69 Å². The van der Waals surface area contributed by atoms with E-state index in [0.717, 1.165) is 26.1 Å². The van der Waals surface area contributed by atoms with Gasteiger partial charge in [-0.3, -0.25) is 0 Å². The summed E-state index contributed by atoms with van der Waals surface area (Å²) in [6.07, 6.45) is 0.962. The van der Waals surface area contributed by atoms with E-state index in [1.807, 2.05) is 0 Å². The highest BCUT2D eigenvalue weighted by molar-refractivity contribution is 5.54. The molecule has 1 atom stereocenters. The van der Waals surface area contributed by atoms with Crippen LogP contribution in [-0.2, 0) is 6.42 Å². The van der Waals surface area contributed by atoms with Crippen LogP contribution in [-0.4, -0.2) is 43.7 Å². The van der Waals surface area contributed by atoms with Gasteiger partial charge in [-0.2, -0.15) is 0 Å². The summed E-state index contributed by atoms with van der Waals surface area (Å²) in [5.74, 6) is 0. The Morgan fingerprint density at radius 2 is 1.83 bits per heavy atom. The Labute approximate surface area is 111 Å². The van der Waals surface area contributed by atoms with Crippen LogP contribution in [0.5, 0.6) is 0 Å². The molecule has 1 aromatic rings. The minimum Gasteiger partial charge on any atom is -0.369 e. The second-order valence-electron chi connectivity index (χ2n) is 5.23. The van der Waals surface area contributed by atoms with E-state index in [1.165, 1.54) is 24.3 Å². The molecule has 1 aliphatic heterocycles. The highest BCUT2D eigenvalue weighted by Crippen LogP contribution is 2.22. The van der Waals surface area contributed by atoms with Gasteiger partial charge in [0.05, 0.1) is 0 Å². The van der Waals surface area contributed by atoms with Crippen LogP contribution >= 0.6 is 0 Å². The average Bonchev–Trinajstić information content (AvgIpc) is 2.39. The molecule has 0 radical (unpaired) electrons. The molecule has 0 bridgehead atoms. The van der Waals surface area contributed by atoms with E-state index >= 15 is 0 Å². The summed E-state index contributed by atoms with van der Waals surface area (Å²) in [5.41, 5.74) is 8.71. The zero-order valence-corrected chi connectivity index (χ0v) is 11.6. The third kappa shape index (κ3) is 3.24. The lowest BCUT2D eigenvalue weighted by atomic mass is 10.0. The van der Waals surface area contributed by atoms with Gasteiger partial charge in [0, 0.05) is 37.9 Å². The molecule has 3 nitrogen and oxygen atoms in total. The number of rotatable bonds is 4. The summed E-state index contributed by atoms with van der Waals surface area (Å²) < 4.78 is 0. The second kappa shape index (κ2) is 6.21. The molecule has 0 saturated carbocycles. The van der Waals surface area contributed by atoms with Crippen molar-refractivity contribution in [2.75, 3.05) is 37.6 Å². The fourth-order valence-corrected chi connectivity index (χ4v) is 2.64. The predicted octanol–water partition coefficient (Wildman–Crippen LogP) is 1.72. The number of hydrogen-bond acceptors (Lipinski definition) is 3. The number of hydrogen-bond donors (Lipinski definition) is 1. The number of likely N-dealkylation sites (N-methyl/N-ethyl adjacent to an activating group) is 1. The first-order valence-electron chi connectivity index (χ1n) is 7.01.